The van der Waals surface area contributed by atoms with Gasteiger partial charge in [-0.2, -0.15) is 0 Å². The van der Waals surface area contributed by atoms with Gasteiger partial charge in [-0.25, -0.2) is 0 Å². The molecule has 0 fully saturated rings. The Kier molecular flexibility index (Phi) is 4.99. The van der Waals surface area contributed by atoms with Gasteiger partial charge in [0.1, 0.15) is 0 Å². The van der Waals surface area contributed by atoms with Crippen molar-refractivity contribution in [2.45, 2.75) is 26.7 Å². The average molecular weight is 282 g/mol. The van der Waals surface area contributed by atoms with Gasteiger partial charge in [-0.05, 0) is 43.5 Å². The van der Waals surface area contributed by atoms with E-state index >= 15 is 0 Å². The maximum absolute atomic E-state index is 12.5. The van der Waals surface area contributed by atoms with Gasteiger partial charge in [0.15, 0.2) is 0 Å². The molecule has 110 valence electrons. The molecule has 2 aromatic rings. The molecule has 0 aliphatic carbocycles. The largest absolute Gasteiger partial charge is 0.397 e. The van der Waals surface area contributed by atoms with Crippen molar-refractivity contribution in [1.29, 1.82) is 0 Å². The SMILES string of the molecule is CCN(C(=O)CCc1ccccc1C)c1ccccc1N. The van der Waals surface area contributed by atoms with Crippen LogP contribution in [0.4, 0.5) is 11.4 Å². The Hall–Kier alpha value is -2.29. The van der Waals surface area contributed by atoms with Gasteiger partial charge >= 0.3 is 0 Å². The number of aryl methyl sites for hydroxylation is 2. The van der Waals surface area contributed by atoms with Crippen LogP contribution >= 0.6 is 0 Å². The van der Waals surface area contributed by atoms with Crippen LogP contribution in [0.3, 0.4) is 0 Å². The van der Waals surface area contributed by atoms with E-state index in [2.05, 4.69) is 19.1 Å². The van der Waals surface area contributed by atoms with Gasteiger partial charge in [-0.1, -0.05) is 36.4 Å². The van der Waals surface area contributed by atoms with Gasteiger partial charge in [0.05, 0.1) is 11.4 Å². The Bertz CT molecular complexity index is 622. The van der Waals surface area contributed by atoms with Crippen LogP contribution < -0.4 is 10.6 Å². The minimum absolute atomic E-state index is 0.110. The third-order valence-electron chi connectivity index (χ3n) is 3.71. The summed E-state index contributed by atoms with van der Waals surface area (Å²) in [7, 11) is 0. The number of rotatable bonds is 5. The Morgan fingerprint density at radius 3 is 2.43 bits per heavy atom. The Morgan fingerprint density at radius 2 is 1.76 bits per heavy atom. The van der Waals surface area contributed by atoms with Crippen LogP contribution in [0.5, 0.6) is 0 Å². The highest BCUT2D eigenvalue weighted by Gasteiger charge is 2.15. The summed E-state index contributed by atoms with van der Waals surface area (Å²) in [6, 6.07) is 15.7. The third-order valence-corrected chi connectivity index (χ3v) is 3.71. The maximum atomic E-state index is 12.5. The molecule has 2 rings (SSSR count). The lowest BCUT2D eigenvalue weighted by Gasteiger charge is -2.22. The van der Waals surface area contributed by atoms with Crippen molar-refractivity contribution in [2.24, 2.45) is 0 Å². The second-order valence-electron chi connectivity index (χ2n) is 5.12. The number of hydrogen-bond acceptors (Lipinski definition) is 2. The predicted molar refractivity (Wildman–Crippen MR) is 88.4 cm³/mol. The first-order valence-electron chi connectivity index (χ1n) is 7.33. The number of nitrogens with two attached hydrogens (primary N) is 1. The second-order valence-corrected chi connectivity index (χ2v) is 5.12. The van der Waals surface area contributed by atoms with E-state index in [9.17, 15) is 4.79 Å². The fourth-order valence-electron chi connectivity index (χ4n) is 2.48. The summed E-state index contributed by atoms with van der Waals surface area (Å²) in [5.41, 5.74) is 9.87. The zero-order valence-electron chi connectivity index (χ0n) is 12.7. The molecule has 0 unspecified atom stereocenters. The van der Waals surface area contributed by atoms with Crippen molar-refractivity contribution in [3.05, 3.63) is 59.7 Å². The Morgan fingerprint density at radius 1 is 1.10 bits per heavy atom. The number of para-hydroxylation sites is 2. The van der Waals surface area contributed by atoms with Crippen molar-refractivity contribution >= 4 is 17.3 Å². The standard InChI is InChI=1S/C18H22N2O/c1-3-20(17-11-7-6-10-16(17)19)18(21)13-12-15-9-5-4-8-14(15)2/h4-11H,3,12-13,19H2,1-2H3. The third kappa shape index (κ3) is 3.63. The number of carbonyl (C=O) groups excluding carboxylic acids is 1. The van der Waals surface area contributed by atoms with Crippen LogP contribution in [-0.4, -0.2) is 12.5 Å². The van der Waals surface area contributed by atoms with Gasteiger partial charge in [0, 0.05) is 13.0 Å². The van der Waals surface area contributed by atoms with Gasteiger partial charge in [-0.3, -0.25) is 4.79 Å². The van der Waals surface area contributed by atoms with E-state index in [1.165, 1.54) is 11.1 Å². The molecular weight excluding hydrogens is 260 g/mol. The van der Waals surface area contributed by atoms with E-state index in [-0.39, 0.29) is 5.91 Å². The van der Waals surface area contributed by atoms with E-state index in [0.717, 1.165) is 12.1 Å². The van der Waals surface area contributed by atoms with E-state index in [4.69, 9.17) is 5.73 Å². The van der Waals surface area contributed by atoms with Crippen LogP contribution in [-0.2, 0) is 11.2 Å². The van der Waals surface area contributed by atoms with Crippen molar-refractivity contribution in [3.63, 3.8) is 0 Å². The van der Waals surface area contributed by atoms with Crippen molar-refractivity contribution in [3.8, 4) is 0 Å². The van der Waals surface area contributed by atoms with E-state index in [1.807, 2.05) is 43.3 Å². The minimum atomic E-state index is 0.110. The molecule has 0 saturated carbocycles. The van der Waals surface area contributed by atoms with Gasteiger partial charge in [0.25, 0.3) is 0 Å². The molecule has 0 bridgehead atoms. The number of benzene rings is 2. The van der Waals surface area contributed by atoms with E-state index in [0.29, 0.717) is 18.7 Å². The normalized spacial score (nSPS) is 10.4. The monoisotopic (exact) mass is 282 g/mol. The summed E-state index contributed by atoms with van der Waals surface area (Å²) in [4.78, 5) is 14.2. The zero-order valence-corrected chi connectivity index (χ0v) is 12.7. The molecule has 0 saturated heterocycles. The average Bonchev–Trinajstić information content (AvgIpc) is 2.49. The number of carbonyl (C=O) groups is 1. The molecule has 2 aromatic carbocycles. The van der Waals surface area contributed by atoms with Crippen molar-refractivity contribution in [2.75, 3.05) is 17.2 Å². The summed E-state index contributed by atoms with van der Waals surface area (Å²) >= 11 is 0. The number of nitrogens with zero attached hydrogens (tertiary/aromatic N) is 1. The molecule has 3 nitrogen and oxygen atoms in total. The number of anilines is 2. The topological polar surface area (TPSA) is 46.3 Å². The van der Waals surface area contributed by atoms with Crippen LogP contribution in [0.2, 0.25) is 0 Å². The van der Waals surface area contributed by atoms with E-state index in [1.54, 1.807) is 4.90 Å². The fraction of sp³-hybridized carbons (Fsp3) is 0.278. The lowest BCUT2D eigenvalue weighted by atomic mass is 10.0. The quantitative estimate of drug-likeness (QED) is 0.852. The summed E-state index contributed by atoms with van der Waals surface area (Å²) in [6.45, 7) is 4.67. The van der Waals surface area contributed by atoms with E-state index < -0.39 is 0 Å². The molecule has 1 amide bonds. The molecule has 0 aliphatic heterocycles. The van der Waals surface area contributed by atoms with Gasteiger partial charge in [-0.15, -0.1) is 0 Å². The number of nitrogen functional groups attached to an aromatic ring is 1. The minimum Gasteiger partial charge on any atom is -0.397 e. The van der Waals surface area contributed by atoms with Gasteiger partial charge in [0.2, 0.25) is 5.91 Å². The maximum Gasteiger partial charge on any atom is 0.227 e. The molecule has 0 heterocycles. The molecule has 2 N–H and O–H groups in total. The molecule has 0 radical (unpaired) electrons. The van der Waals surface area contributed by atoms with Gasteiger partial charge < -0.3 is 10.6 Å². The lowest BCUT2D eigenvalue weighted by Crippen LogP contribution is -2.31. The van der Waals surface area contributed by atoms with Crippen LogP contribution in [0, 0.1) is 6.92 Å². The number of hydrogen-bond donors (Lipinski definition) is 1. The molecule has 0 aromatic heterocycles. The molecule has 21 heavy (non-hydrogen) atoms. The van der Waals surface area contributed by atoms with Crippen molar-refractivity contribution < 1.29 is 4.79 Å². The summed E-state index contributed by atoms with van der Waals surface area (Å²) < 4.78 is 0. The highest BCUT2D eigenvalue weighted by molar-refractivity contribution is 5.96. The first kappa shape index (κ1) is 15.1. The first-order chi connectivity index (χ1) is 10.1. The van der Waals surface area contributed by atoms with Crippen molar-refractivity contribution in [1.82, 2.24) is 0 Å². The zero-order chi connectivity index (χ0) is 15.2. The number of amides is 1. The molecule has 3 heteroatoms. The highest BCUT2D eigenvalue weighted by Crippen LogP contribution is 2.23. The first-order valence-corrected chi connectivity index (χ1v) is 7.33. The Balaban J connectivity index is 2.08. The second kappa shape index (κ2) is 6.93. The van der Waals surface area contributed by atoms with Crippen LogP contribution in [0.1, 0.15) is 24.5 Å². The van der Waals surface area contributed by atoms with Crippen LogP contribution in [0.15, 0.2) is 48.5 Å². The molecule has 0 atom stereocenters. The predicted octanol–water partition coefficient (Wildman–Crippen LogP) is 3.56. The highest BCUT2D eigenvalue weighted by atomic mass is 16.2. The summed E-state index contributed by atoms with van der Waals surface area (Å²) in [5.74, 6) is 0.110. The summed E-state index contributed by atoms with van der Waals surface area (Å²) in [6.07, 6.45) is 1.25. The molecule has 0 aliphatic rings. The fourth-order valence-corrected chi connectivity index (χ4v) is 2.48. The molecule has 0 spiro atoms. The molecular formula is C18H22N2O. The summed E-state index contributed by atoms with van der Waals surface area (Å²) in [5, 5.41) is 0. The van der Waals surface area contributed by atoms with Crippen LogP contribution in [0.25, 0.3) is 0 Å². The smallest absolute Gasteiger partial charge is 0.227 e. The Labute approximate surface area is 126 Å². The lowest BCUT2D eigenvalue weighted by molar-refractivity contribution is -0.118.